The second kappa shape index (κ2) is 15.0. The van der Waals surface area contributed by atoms with E-state index in [4.69, 9.17) is 9.47 Å². The molecule has 2 aromatic carbocycles. The van der Waals surface area contributed by atoms with E-state index in [1.165, 1.54) is 5.56 Å². The number of carbonyl (C=O) groups is 1. The minimum atomic E-state index is -0.113. The number of fused-ring (bicyclic) bond motifs is 6. The van der Waals surface area contributed by atoms with Gasteiger partial charge in [-0.05, 0) is 99.6 Å². The van der Waals surface area contributed by atoms with Crippen LogP contribution in [0.2, 0.25) is 0 Å². The Balaban J connectivity index is 0.000000182. The Morgan fingerprint density at radius 3 is 1.67 bits per heavy atom. The zero-order chi connectivity index (χ0) is 32.6. The van der Waals surface area contributed by atoms with E-state index in [9.17, 15) is 14.4 Å². The smallest absolute Gasteiger partial charge is 0.262 e. The summed E-state index contributed by atoms with van der Waals surface area (Å²) in [6.45, 7) is 1.48. The van der Waals surface area contributed by atoms with E-state index in [0.29, 0.717) is 29.1 Å². The van der Waals surface area contributed by atoms with E-state index in [0.717, 1.165) is 58.6 Å². The summed E-state index contributed by atoms with van der Waals surface area (Å²) in [7, 11) is 7.33. The van der Waals surface area contributed by atoms with Gasteiger partial charge in [0.15, 0.2) is 0 Å². The Morgan fingerprint density at radius 1 is 0.717 bits per heavy atom. The molecule has 10 heteroatoms. The van der Waals surface area contributed by atoms with Gasteiger partial charge in [0.05, 0.1) is 32.8 Å². The lowest BCUT2D eigenvalue weighted by Crippen LogP contribution is -2.22. The summed E-state index contributed by atoms with van der Waals surface area (Å²) in [4.78, 5) is 46.9. The largest absolute Gasteiger partial charge is 0.364 e. The number of aryl methyl sites for hydroxylation is 2. The van der Waals surface area contributed by atoms with E-state index < -0.39 is 0 Å². The van der Waals surface area contributed by atoms with Crippen molar-refractivity contribution in [3.05, 3.63) is 105 Å². The predicted molar refractivity (Wildman–Crippen MR) is 182 cm³/mol. The van der Waals surface area contributed by atoms with Gasteiger partial charge in [0, 0.05) is 43.8 Å². The highest BCUT2D eigenvalue weighted by atomic mass is 16.5. The molecule has 0 bridgehead atoms. The van der Waals surface area contributed by atoms with Gasteiger partial charge in [-0.2, -0.15) is 0 Å². The SMILES string of the molecule is COCn1c(=O)c2cccnc2c2cc(CCC=O)ccc21.COCn1c(=O)c2cccnc2c2cc(CCCN(C)C)ccc21. The van der Waals surface area contributed by atoms with E-state index in [2.05, 4.69) is 41.1 Å². The number of aldehydes is 1. The molecular formula is C36H39N5O5. The second-order valence-electron chi connectivity index (χ2n) is 11.4. The molecule has 0 aliphatic heterocycles. The summed E-state index contributed by atoms with van der Waals surface area (Å²) in [6.07, 6.45) is 7.59. The number of benzene rings is 2. The maximum absolute atomic E-state index is 12.7. The van der Waals surface area contributed by atoms with E-state index >= 15 is 0 Å². The lowest BCUT2D eigenvalue weighted by atomic mass is 10.0. The molecule has 0 unspecified atom stereocenters. The van der Waals surface area contributed by atoms with Crippen LogP contribution < -0.4 is 11.1 Å². The molecule has 4 heterocycles. The molecule has 4 aromatic heterocycles. The van der Waals surface area contributed by atoms with Crippen molar-refractivity contribution in [2.24, 2.45) is 0 Å². The fourth-order valence-corrected chi connectivity index (χ4v) is 5.76. The van der Waals surface area contributed by atoms with Crippen LogP contribution in [-0.4, -0.2) is 65.1 Å². The highest BCUT2D eigenvalue weighted by molar-refractivity contribution is 6.04. The highest BCUT2D eigenvalue weighted by Crippen LogP contribution is 2.24. The average molecular weight is 622 g/mol. The molecule has 0 spiro atoms. The first-order chi connectivity index (χ1) is 22.4. The molecule has 0 atom stereocenters. The first-order valence-corrected chi connectivity index (χ1v) is 15.2. The summed E-state index contributed by atoms with van der Waals surface area (Å²) in [5, 5.41) is 3.10. The highest BCUT2D eigenvalue weighted by Gasteiger charge is 2.13. The van der Waals surface area contributed by atoms with Gasteiger partial charge < -0.3 is 19.2 Å². The minimum Gasteiger partial charge on any atom is -0.364 e. The van der Waals surface area contributed by atoms with Gasteiger partial charge in [0.2, 0.25) is 0 Å². The predicted octanol–water partition coefficient (Wildman–Crippen LogP) is 4.93. The van der Waals surface area contributed by atoms with Crippen LogP contribution in [0, 0.1) is 0 Å². The Kier molecular flexibility index (Phi) is 10.6. The maximum atomic E-state index is 12.7. The number of carbonyl (C=O) groups excluding carboxylic acids is 1. The van der Waals surface area contributed by atoms with Crippen molar-refractivity contribution >= 4 is 49.9 Å². The van der Waals surface area contributed by atoms with E-state index in [-0.39, 0.29) is 24.6 Å². The summed E-state index contributed by atoms with van der Waals surface area (Å²) in [5.41, 5.74) is 5.23. The number of hydrogen-bond donors (Lipinski definition) is 0. The summed E-state index contributed by atoms with van der Waals surface area (Å²) in [6, 6.07) is 19.2. The van der Waals surface area contributed by atoms with Gasteiger partial charge in [-0.25, -0.2) is 0 Å². The van der Waals surface area contributed by atoms with Crippen LogP contribution in [-0.2, 0) is 40.6 Å². The molecule has 0 saturated carbocycles. The van der Waals surface area contributed by atoms with Crippen LogP contribution in [0.5, 0.6) is 0 Å². The molecule has 10 nitrogen and oxygen atoms in total. The van der Waals surface area contributed by atoms with Crippen LogP contribution >= 0.6 is 0 Å². The number of methoxy groups -OCH3 is 2. The van der Waals surface area contributed by atoms with Crippen molar-refractivity contribution in [3.63, 3.8) is 0 Å². The van der Waals surface area contributed by atoms with Gasteiger partial charge in [-0.15, -0.1) is 0 Å². The second-order valence-corrected chi connectivity index (χ2v) is 11.4. The van der Waals surface area contributed by atoms with E-state index in [1.54, 1.807) is 53.9 Å². The van der Waals surface area contributed by atoms with Gasteiger partial charge in [-0.3, -0.25) is 28.7 Å². The molecule has 0 aliphatic rings. The summed E-state index contributed by atoms with van der Waals surface area (Å²) in [5.74, 6) is 0. The minimum absolute atomic E-state index is 0.0622. The summed E-state index contributed by atoms with van der Waals surface area (Å²) < 4.78 is 13.7. The van der Waals surface area contributed by atoms with Crippen molar-refractivity contribution in [1.82, 2.24) is 24.0 Å². The van der Waals surface area contributed by atoms with Gasteiger partial charge >= 0.3 is 0 Å². The normalized spacial score (nSPS) is 11.4. The number of rotatable bonds is 11. The maximum Gasteiger partial charge on any atom is 0.262 e. The molecule has 0 aliphatic carbocycles. The molecule has 238 valence electrons. The molecule has 0 saturated heterocycles. The quantitative estimate of drug-likeness (QED) is 0.148. The van der Waals surface area contributed by atoms with E-state index in [1.807, 2.05) is 30.3 Å². The molecule has 0 fully saturated rings. The monoisotopic (exact) mass is 621 g/mol. The fraction of sp³-hybridized carbons (Fsp3) is 0.306. The first-order valence-electron chi connectivity index (χ1n) is 15.2. The van der Waals surface area contributed by atoms with Crippen LogP contribution in [0.4, 0.5) is 0 Å². The third-order valence-corrected chi connectivity index (χ3v) is 7.92. The topological polar surface area (TPSA) is 109 Å². The van der Waals surface area contributed by atoms with Crippen LogP contribution in [0.25, 0.3) is 43.6 Å². The summed E-state index contributed by atoms with van der Waals surface area (Å²) >= 11 is 0. The number of pyridine rings is 4. The van der Waals surface area contributed by atoms with Gasteiger partial charge in [0.1, 0.15) is 19.7 Å². The lowest BCUT2D eigenvalue weighted by molar-refractivity contribution is -0.107. The molecular weight excluding hydrogens is 582 g/mol. The Labute approximate surface area is 266 Å². The molecule has 46 heavy (non-hydrogen) atoms. The molecule has 0 radical (unpaired) electrons. The van der Waals surface area contributed by atoms with Crippen LogP contribution in [0.1, 0.15) is 24.0 Å². The van der Waals surface area contributed by atoms with Crippen molar-refractivity contribution in [3.8, 4) is 0 Å². The zero-order valence-electron chi connectivity index (χ0n) is 26.7. The van der Waals surface area contributed by atoms with Crippen molar-refractivity contribution in [2.75, 3.05) is 34.9 Å². The molecule has 0 N–H and O–H groups in total. The lowest BCUT2D eigenvalue weighted by Gasteiger charge is -2.13. The van der Waals surface area contributed by atoms with Crippen LogP contribution in [0.15, 0.2) is 82.6 Å². The Morgan fingerprint density at radius 2 is 1.22 bits per heavy atom. The number of ether oxygens (including phenoxy) is 2. The number of aromatic nitrogens is 4. The van der Waals surface area contributed by atoms with Crippen molar-refractivity contribution in [2.45, 2.75) is 39.1 Å². The van der Waals surface area contributed by atoms with Crippen molar-refractivity contribution in [1.29, 1.82) is 0 Å². The standard InChI is InChI=1S/C19H23N3O2.C17H16N2O3/c1-21(2)11-5-6-14-8-9-17-16(12-14)18-15(7-4-10-20-18)19(23)22(17)13-24-3;1-22-11-19-15-7-6-12(4-3-9-20)10-14(15)16-13(17(19)21)5-2-8-18-16/h4,7-10,12H,5-6,11,13H2,1-3H3;2,5-10H,3-4,11H2,1H3. The fourth-order valence-electron chi connectivity index (χ4n) is 5.76. The molecule has 6 rings (SSSR count). The third-order valence-electron chi connectivity index (χ3n) is 7.92. The van der Waals surface area contributed by atoms with Gasteiger partial charge in [0.25, 0.3) is 11.1 Å². The molecule has 0 amide bonds. The third kappa shape index (κ3) is 6.89. The average Bonchev–Trinajstić information content (AvgIpc) is 3.07. The Bertz CT molecular complexity index is 2120. The first kappa shape index (κ1) is 32.6. The number of hydrogen-bond acceptors (Lipinski definition) is 8. The zero-order valence-corrected chi connectivity index (χ0v) is 26.7. The van der Waals surface area contributed by atoms with Crippen LogP contribution in [0.3, 0.4) is 0 Å². The Hall–Kier alpha value is -4.77. The van der Waals surface area contributed by atoms with Gasteiger partial charge in [-0.1, -0.05) is 12.1 Å². The van der Waals surface area contributed by atoms with Crippen molar-refractivity contribution < 1.29 is 14.3 Å². The molecule has 6 aromatic rings. The number of nitrogens with zero attached hydrogens (tertiary/aromatic N) is 5.